The Morgan fingerprint density at radius 3 is 2.87 bits per heavy atom. The molecule has 2 aliphatic heterocycles. The first-order valence-corrected chi connectivity index (χ1v) is 6.50. The van der Waals surface area contributed by atoms with Crippen molar-refractivity contribution in [1.82, 2.24) is 10.2 Å². The van der Waals surface area contributed by atoms with E-state index >= 15 is 0 Å². The van der Waals surface area contributed by atoms with Gasteiger partial charge in [0.1, 0.15) is 0 Å². The van der Waals surface area contributed by atoms with Crippen molar-refractivity contribution >= 4 is 5.96 Å². The summed E-state index contributed by atoms with van der Waals surface area (Å²) in [5.74, 6) is 2.14. The Hall–Kier alpha value is -0.730. The second-order valence-electron chi connectivity index (χ2n) is 5.08. The van der Waals surface area contributed by atoms with E-state index in [1.54, 1.807) is 0 Å². The molecule has 1 N–H and O–H groups in total. The molecule has 0 aromatic rings. The monoisotopic (exact) mass is 207 g/mol. The topological polar surface area (TPSA) is 27.6 Å². The molecule has 1 atom stereocenters. The van der Waals surface area contributed by atoms with Crippen molar-refractivity contribution in [1.29, 1.82) is 0 Å². The molecule has 0 aromatic carbocycles. The Morgan fingerprint density at radius 1 is 1.13 bits per heavy atom. The molecule has 1 saturated carbocycles. The summed E-state index contributed by atoms with van der Waals surface area (Å²) in [5, 5.41) is 3.40. The van der Waals surface area contributed by atoms with E-state index in [0.29, 0.717) is 0 Å². The van der Waals surface area contributed by atoms with Crippen LogP contribution < -0.4 is 5.32 Å². The van der Waals surface area contributed by atoms with Gasteiger partial charge < -0.3 is 10.2 Å². The predicted molar refractivity (Wildman–Crippen MR) is 62.0 cm³/mol. The van der Waals surface area contributed by atoms with Crippen LogP contribution in [0.25, 0.3) is 0 Å². The van der Waals surface area contributed by atoms with Gasteiger partial charge >= 0.3 is 0 Å². The third-order valence-electron chi connectivity index (χ3n) is 4.19. The number of guanidine groups is 1. The fourth-order valence-electron chi connectivity index (χ4n) is 3.43. The molecule has 2 fully saturated rings. The first kappa shape index (κ1) is 9.49. The summed E-state index contributed by atoms with van der Waals surface area (Å²) in [5.41, 5.74) is 0. The van der Waals surface area contributed by atoms with Crippen molar-refractivity contribution in [2.75, 3.05) is 19.6 Å². The average Bonchev–Trinajstić information content (AvgIpc) is 2.78. The van der Waals surface area contributed by atoms with Crippen molar-refractivity contribution in [3.63, 3.8) is 0 Å². The highest BCUT2D eigenvalue weighted by Crippen LogP contribution is 2.32. The fourth-order valence-corrected chi connectivity index (χ4v) is 3.43. The van der Waals surface area contributed by atoms with Gasteiger partial charge in [0.25, 0.3) is 0 Å². The number of nitrogens with one attached hydrogen (secondary N) is 1. The molecule has 3 aliphatic rings. The quantitative estimate of drug-likeness (QED) is 0.707. The first-order chi connectivity index (χ1) is 7.45. The van der Waals surface area contributed by atoms with Gasteiger partial charge in [-0.3, -0.25) is 4.99 Å². The summed E-state index contributed by atoms with van der Waals surface area (Å²) in [4.78, 5) is 7.11. The lowest BCUT2D eigenvalue weighted by Gasteiger charge is -2.39. The van der Waals surface area contributed by atoms with E-state index in [9.17, 15) is 0 Å². The zero-order chi connectivity index (χ0) is 10.1. The molecule has 0 spiro atoms. The van der Waals surface area contributed by atoms with Crippen LogP contribution in [0.15, 0.2) is 4.99 Å². The van der Waals surface area contributed by atoms with Gasteiger partial charge in [0.15, 0.2) is 5.96 Å². The summed E-state index contributed by atoms with van der Waals surface area (Å²) in [6, 6.07) is 0.799. The molecular weight excluding hydrogens is 186 g/mol. The fraction of sp³-hybridized carbons (Fsp3) is 0.917. The molecule has 3 rings (SSSR count). The average molecular weight is 207 g/mol. The maximum atomic E-state index is 4.57. The van der Waals surface area contributed by atoms with Crippen molar-refractivity contribution in [3.05, 3.63) is 0 Å². The number of hydrogen-bond acceptors (Lipinski definition) is 3. The minimum atomic E-state index is 0.799. The third-order valence-corrected chi connectivity index (χ3v) is 4.19. The van der Waals surface area contributed by atoms with E-state index in [1.165, 1.54) is 51.0 Å². The summed E-state index contributed by atoms with van der Waals surface area (Å²) in [7, 11) is 0. The molecule has 15 heavy (non-hydrogen) atoms. The zero-order valence-corrected chi connectivity index (χ0v) is 9.41. The number of rotatable bonds is 1. The van der Waals surface area contributed by atoms with Crippen LogP contribution in [0.3, 0.4) is 0 Å². The molecule has 1 aliphatic carbocycles. The maximum Gasteiger partial charge on any atom is 0.194 e. The second kappa shape index (κ2) is 4.03. The molecular formula is C12H21N3. The van der Waals surface area contributed by atoms with Gasteiger partial charge in [0.2, 0.25) is 0 Å². The van der Waals surface area contributed by atoms with Crippen LogP contribution in [0.4, 0.5) is 0 Å². The lowest BCUT2D eigenvalue weighted by Crippen LogP contribution is -2.47. The van der Waals surface area contributed by atoms with Crippen LogP contribution >= 0.6 is 0 Å². The normalized spacial score (nSPS) is 32.1. The van der Waals surface area contributed by atoms with E-state index in [-0.39, 0.29) is 0 Å². The van der Waals surface area contributed by atoms with Gasteiger partial charge in [-0.1, -0.05) is 19.3 Å². The predicted octanol–water partition coefficient (Wildman–Crippen LogP) is 1.60. The Bertz CT molecular complexity index is 256. The van der Waals surface area contributed by atoms with Crippen LogP contribution in [-0.4, -0.2) is 36.5 Å². The molecule has 1 unspecified atom stereocenters. The van der Waals surface area contributed by atoms with Crippen molar-refractivity contribution < 1.29 is 0 Å². The van der Waals surface area contributed by atoms with E-state index in [4.69, 9.17) is 0 Å². The number of fused-ring (bicyclic) bond motifs is 1. The molecule has 3 heteroatoms. The van der Waals surface area contributed by atoms with Gasteiger partial charge in [-0.15, -0.1) is 0 Å². The van der Waals surface area contributed by atoms with E-state index in [1.807, 2.05) is 0 Å². The SMILES string of the molecule is C1CCC(C2CCN=C3NCCN32)CC1. The van der Waals surface area contributed by atoms with Crippen molar-refractivity contribution in [3.8, 4) is 0 Å². The molecule has 2 heterocycles. The van der Waals surface area contributed by atoms with Crippen LogP contribution in [0.5, 0.6) is 0 Å². The number of nitrogens with zero attached hydrogens (tertiary/aromatic N) is 2. The molecule has 0 aromatic heterocycles. The largest absolute Gasteiger partial charge is 0.354 e. The van der Waals surface area contributed by atoms with Crippen LogP contribution in [0.1, 0.15) is 38.5 Å². The maximum absolute atomic E-state index is 4.57. The molecule has 0 bridgehead atoms. The highest BCUT2D eigenvalue weighted by molar-refractivity contribution is 5.82. The molecule has 1 saturated heterocycles. The van der Waals surface area contributed by atoms with Crippen LogP contribution in [-0.2, 0) is 0 Å². The minimum absolute atomic E-state index is 0.799. The van der Waals surface area contributed by atoms with E-state index in [2.05, 4.69) is 15.2 Å². The van der Waals surface area contributed by atoms with Crippen molar-refractivity contribution in [2.24, 2.45) is 10.9 Å². The number of hydrogen-bond donors (Lipinski definition) is 1. The molecule has 0 amide bonds. The molecule has 3 nitrogen and oxygen atoms in total. The van der Waals surface area contributed by atoms with E-state index in [0.717, 1.165) is 25.0 Å². The van der Waals surface area contributed by atoms with Crippen molar-refractivity contribution in [2.45, 2.75) is 44.6 Å². The van der Waals surface area contributed by atoms with Crippen LogP contribution in [0, 0.1) is 5.92 Å². The van der Waals surface area contributed by atoms with Crippen LogP contribution in [0.2, 0.25) is 0 Å². The summed E-state index contributed by atoms with van der Waals surface area (Å²) in [6.45, 7) is 3.32. The Morgan fingerprint density at radius 2 is 2.00 bits per heavy atom. The van der Waals surface area contributed by atoms with Gasteiger partial charge in [-0.05, 0) is 25.2 Å². The third kappa shape index (κ3) is 1.72. The Kier molecular flexibility index (Phi) is 2.55. The highest BCUT2D eigenvalue weighted by Gasteiger charge is 2.34. The summed E-state index contributed by atoms with van der Waals surface area (Å²) in [6.07, 6.45) is 8.56. The van der Waals surface area contributed by atoms with Gasteiger partial charge in [0.05, 0.1) is 0 Å². The van der Waals surface area contributed by atoms with Gasteiger partial charge in [-0.2, -0.15) is 0 Å². The zero-order valence-electron chi connectivity index (χ0n) is 9.41. The highest BCUT2D eigenvalue weighted by atomic mass is 15.4. The summed E-state index contributed by atoms with van der Waals surface area (Å²) >= 11 is 0. The first-order valence-electron chi connectivity index (χ1n) is 6.50. The second-order valence-corrected chi connectivity index (χ2v) is 5.08. The molecule has 84 valence electrons. The Labute approximate surface area is 91.9 Å². The van der Waals surface area contributed by atoms with Gasteiger partial charge in [-0.25, -0.2) is 0 Å². The van der Waals surface area contributed by atoms with Gasteiger partial charge in [0, 0.05) is 25.7 Å². The smallest absolute Gasteiger partial charge is 0.194 e. The summed E-state index contributed by atoms with van der Waals surface area (Å²) < 4.78 is 0. The standard InChI is InChI=1S/C12H21N3/c1-2-4-10(5-3-1)11-6-7-13-12-14-8-9-15(11)12/h10-11H,1-9H2,(H,13,14). The lowest BCUT2D eigenvalue weighted by atomic mass is 9.81. The Balaban J connectivity index is 1.72. The number of aliphatic imine (C=N–C) groups is 1. The lowest BCUT2D eigenvalue weighted by molar-refractivity contribution is 0.178. The minimum Gasteiger partial charge on any atom is -0.354 e. The molecule has 0 radical (unpaired) electrons. The van der Waals surface area contributed by atoms with E-state index < -0.39 is 0 Å².